The zero-order valence-corrected chi connectivity index (χ0v) is 13.3. The Hall–Kier alpha value is -2.12. The summed E-state index contributed by atoms with van der Waals surface area (Å²) in [5.41, 5.74) is 0. The van der Waals surface area contributed by atoms with Crippen LogP contribution in [0.3, 0.4) is 0 Å². The molecule has 0 saturated heterocycles. The number of hydrogen-bond acceptors (Lipinski definition) is 7. The van der Waals surface area contributed by atoms with Crippen molar-refractivity contribution in [2.24, 2.45) is 0 Å². The second kappa shape index (κ2) is 15.9. The average Bonchev–Trinajstić information content (AvgIpc) is 2.33. The molecule has 1 N–H and O–H groups in total. The topological polar surface area (TPSA) is 116 Å². The van der Waals surface area contributed by atoms with E-state index >= 15 is 0 Å². The van der Waals surface area contributed by atoms with Gasteiger partial charge >= 0.3 is 17.9 Å². The molecule has 0 amide bonds. The Labute approximate surface area is 124 Å². The van der Waals surface area contributed by atoms with Crippen LogP contribution in [-0.2, 0) is 33.4 Å². The molecule has 0 atom stereocenters. The third-order valence-electron chi connectivity index (χ3n) is 1.39. The van der Waals surface area contributed by atoms with Crippen LogP contribution in [0.5, 0.6) is 0 Å². The van der Waals surface area contributed by atoms with E-state index in [1.165, 1.54) is 21.1 Å². The van der Waals surface area contributed by atoms with Crippen molar-refractivity contribution in [1.29, 1.82) is 0 Å². The van der Waals surface area contributed by atoms with E-state index in [0.717, 1.165) is 6.92 Å². The summed E-state index contributed by atoms with van der Waals surface area (Å²) in [5.74, 6) is -1.84. The number of aliphatic carboxylic acids is 1. The lowest BCUT2D eigenvalue weighted by Crippen LogP contribution is -2.06. The van der Waals surface area contributed by atoms with Gasteiger partial charge in [-0.2, -0.15) is 0 Å². The molecule has 0 heterocycles. The molecule has 0 unspecified atom stereocenters. The molecule has 0 fully saturated rings. The Bertz CT molecular complexity index is 302. The van der Waals surface area contributed by atoms with Crippen molar-refractivity contribution in [1.82, 2.24) is 0 Å². The van der Waals surface area contributed by atoms with Gasteiger partial charge < -0.3 is 19.3 Å². The first-order valence-corrected chi connectivity index (χ1v) is 6.07. The zero-order chi connectivity index (χ0) is 17.4. The van der Waals surface area contributed by atoms with Crippen LogP contribution in [0, 0.1) is 0 Å². The summed E-state index contributed by atoms with van der Waals surface area (Å²) in [6.07, 6.45) is 0.198. The molecule has 0 saturated carbocycles. The second-order valence-electron chi connectivity index (χ2n) is 3.83. The van der Waals surface area contributed by atoms with Crippen LogP contribution in [-0.4, -0.2) is 49.3 Å². The van der Waals surface area contributed by atoms with Gasteiger partial charge in [0.2, 0.25) is 0 Å². The molecule has 8 heteroatoms. The fraction of sp³-hybridized carbons (Fsp3) is 0.692. The van der Waals surface area contributed by atoms with E-state index in [1.807, 2.05) is 13.8 Å². The summed E-state index contributed by atoms with van der Waals surface area (Å²) in [4.78, 5) is 39.8. The van der Waals surface area contributed by atoms with Gasteiger partial charge in [0, 0.05) is 13.8 Å². The van der Waals surface area contributed by atoms with Crippen LogP contribution in [0.1, 0.15) is 40.5 Å². The molecule has 0 aromatic carbocycles. The summed E-state index contributed by atoms with van der Waals surface area (Å²) < 4.78 is 13.2. The summed E-state index contributed by atoms with van der Waals surface area (Å²) in [6, 6.07) is 0. The van der Waals surface area contributed by atoms with Gasteiger partial charge in [-0.1, -0.05) is 0 Å². The predicted octanol–water partition coefficient (Wildman–Crippen LogP) is 1.16. The lowest BCUT2D eigenvalue weighted by atomic mass is 10.3. The molecule has 0 aliphatic carbocycles. The fourth-order valence-electron chi connectivity index (χ4n) is 0.740. The molecule has 21 heavy (non-hydrogen) atoms. The number of carbonyl (C=O) groups excluding carboxylic acids is 3. The molecular weight excluding hydrogens is 284 g/mol. The normalized spacial score (nSPS) is 8.33. The maximum Gasteiger partial charge on any atom is 0.306 e. The third kappa shape index (κ3) is 38.1. The lowest BCUT2D eigenvalue weighted by molar-refractivity contribution is -0.147. The summed E-state index contributed by atoms with van der Waals surface area (Å²) in [5, 5.41) is 7.42. The summed E-state index contributed by atoms with van der Waals surface area (Å²) in [7, 11) is 2.55. The minimum absolute atomic E-state index is 0.0255. The van der Waals surface area contributed by atoms with E-state index in [-0.39, 0.29) is 24.9 Å². The number of ether oxygens (including phenoxy) is 3. The van der Waals surface area contributed by atoms with Gasteiger partial charge in [-0.25, -0.2) is 0 Å². The molecule has 0 aromatic heterocycles. The van der Waals surface area contributed by atoms with Crippen molar-refractivity contribution >= 4 is 23.9 Å². The Morgan fingerprint density at radius 3 is 1.29 bits per heavy atom. The van der Waals surface area contributed by atoms with Gasteiger partial charge in [0.05, 0.1) is 33.2 Å². The number of rotatable bonds is 4. The highest BCUT2D eigenvalue weighted by atomic mass is 16.5. The van der Waals surface area contributed by atoms with Crippen LogP contribution in [0.25, 0.3) is 0 Å². The van der Waals surface area contributed by atoms with E-state index in [0.29, 0.717) is 0 Å². The molecule has 0 aliphatic rings. The number of methoxy groups -OCH3 is 2. The second-order valence-corrected chi connectivity index (χ2v) is 3.83. The van der Waals surface area contributed by atoms with Crippen molar-refractivity contribution < 1.29 is 38.5 Å². The molecule has 0 rings (SSSR count). The minimum atomic E-state index is -0.833. The van der Waals surface area contributed by atoms with Crippen molar-refractivity contribution in [3.8, 4) is 0 Å². The van der Waals surface area contributed by atoms with Crippen LogP contribution < -0.4 is 0 Å². The van der Waals surface area contributed by atoms with Gasteiger partial charge in [-0.05, 0) is 13.8 Å². The van der Waals surface area contributed by atoms with Crippen LogP contribution >= 0.6 is 0 Å². The molecule has 8 nitrogen and oxygen atoms in total. The molecule has 0 bridgehead atoms. The highest BCUT2D eigenvalue weighted by molar-refractivity contribution is 5.77. The Balaban J connectivity index is -0.000000256. The highest BCUT2D eigenvalue weighted by Crippen LogP contribution is 1.92. The maximum absolute atomic E-state index is 10.4. The maximum atomic E-state index is 10.4. The van der Waals surface area contributed by atoms with Crippen molar-refractivity contribution in [2.75, 3.05) is 14.2 Å². The predicted molar refractivity (Wildman–Crippen MR) is 73.5 cm³/mol. The van der Waals surface area contributed by atoms with Crippen molar-refractivity contribution in [3.05, 3.63) is 0 Å². The summed E-state index contributed by atoms with van der Waals surface area (Å²) >= 11 is 0. The van der Waals surface area contributed by atoms with E-state index in [4.69, 9.17) is 9.90 Å². The number of carboxylic acids is 1. The first-order valence-electron chi connectivity index (χ1n) is 6.07. The molecule has 0 spiro atoms. The van der Waals surface area contributed by atoms with Crippen LogP contribution in [0.4, 0.5) is 0 Å². The van der Waals surface area contributed by atoms with Crippen LogP contribution in [0.15, 0.2) is 0 Å². The molecule has 0 aromatic rings. The van der Waals surface area contributed by atoms with Crippen molar-refractivity contribution in [2.45, 2.75) is 46.6 Å². The minimum Gasteiger partial charge on any atom is -0.481 e. The number of hydrogen-bond donors (Lipinski definition) is 1. The average molecular weight is 308 g/mol. The zero-order valence-electron chi connectivity index (χ0n) is 13.3. The van der Waals surface area contributed by atoms with Crippen molar-refractivity contribution in [3.63, 3.8) is 0 Å². The highest BCUT2D eigenvalue weighted by Gasteiger charge is 2.05. The number of esters is 3. The monoisotopic (exact) mass is 308 g/mol. The van der Waals surface area contributed by atoms with E-state index in [1.54, 1.807) is 0 Å². The quantitative estimate of drug-likeness (QED) is 0.607. The smallest absolute Gasteiger partial charge is 0.306 e. The fourth-order valence-corrected chi connectivity index (χ4v) is 0.740. The van der Waals surface area contributed by atoms with E-state index in [2.05, 4.69) is 14.2 Å². The first-order chi connectivity index (χ1) is 9.56. The Morgan fingerprint density at radius 1 is 0.905 bits per heavy atom. The molecule has 124 valence electrons. The number of carboxylic acid groups (broad SMARTS) is 1. The van der Waals surface area contributed by atoms with E-state index in [9.17, 15) is 14.4 Å². The molecule has 0 radical (unpaired) electrons. The van der Waals surface area contributed by atoms with Gasteiger partial charge in [-0.3, -0.25) is 19.2 Å². The van der Waals surface area contributed by atoms with Gasteiger partial charge in [-0.15, -0.1) is 0 Å². The SMILES string of the molecule is CC(=O)O.CC(=O)OC(C)C.COC(=O)CCC(=O)OC. The Morgan fingerprint density at radius 2 is 1.19 bits per heavy atom. The van der Waals surface area contributed by atoms with Gasteiger partial charge in [0.15, 0.2) is 0 Å². The standard InChI is InChI=1S/C6H10O4.C5H10O2.C2H4O2/c1-9-5(7)3-4-6(8)10-2;1-4(2)7-5(3)6;1-2(3)4/h3-4H2,1-2H3;4H,1-3H3;1H3,(H,3,4). The number of carbonyl (C=O) groups is 4. The molecular formula is C13H24O8. The Kier molecular flexibility index (Phi) is 18.2. The molecule has 0 aliphatic heterocycles. The van der Waals surface area contributed by atoms with Gasteiger partial charge in [0.25, 0.3) is 5.97 Å². The lowest BCUT2D eigenvalue weighted by Gasteiger charge is -2.01. The van der Waals surface area contributed by atoms with E-state index < -0.39 is 17.9 Å². The third-order valence-corrected chi connectivity index (χ3v) is 1.39. The largest absolute Gasteiger partial charge is 0.481 e. The summed E-state index contributed by atoms with van der Waals surface area (Å²) in [6.45, 7) is 6.13. The van der Waals surface area contributed by atoms with Crippen LogP contribution in [0.2, 0.25) is 0 Å². The first kappa shape index (κ1) is 23.9. The van der Waals surface area contributed by atoms with Gasteiger partial charge in [0.1, 0.15) is 0 Å².